The third-order valence-corrected chi connectivity index (χ3v) is 3.48. The van der Waals surface area contributed by atoms with Gasteiger partial charge in [0, 0.05) is 20.1 Å². The standard InChI is InChI=1S/C14H25N3O4/c1-10(2)8-11(13(19)20)15-14(21)16(3)9-12(18)17-6-4-5-7-17/h10-11H,4-9H2,1-3H3,(H,15,21)(H,19,20)/t11-/m1/s1. The van der Waals surface area contributed by atoms with Crippen LogP contribution in [0.15, 0.2) is 0 Å². The molecule has 0 unspecified atom stereocenters. The first-order chi connectivity index (χ1) is 9.81. The van der Waals surface area contributed by atoms with Crippen LogP contribution < -0.4 is 5.32 Å². The van der Waals surface area contributed by atoms with Gasteiger partial charge in [-0.1, -0.05) is 13.8 Å². The lowest BCUT2D eigenvalue weighted by Crippen LogP contribution is -2.49. The Morgan fingerprint density at radius 1 is 1.24 bits per heavy atom. The number of nitrogens with one attached hydrogen (secondary N) is 1. The zero-order valence-corrected chi connectivity index (χ0v) is 13.0. The predicted octanol–water partition coefficient (Wildman–Crippen LogP) is 0.750. The van der Waals surface area contributed by atoms with Gasteiger partial charge in [-0.2, -0.15) is 0 Å². The van der Waals surface area contributed by atoms with E-state index in [1.54, 1.807) is 4.90 Å². The minimum absolute atomic E-state index is 0.0279. The van der Waals surface area contributed by atoms with E-state index in [9.17, 15) is 14.4 Å². The highest BCUT2D eigenvalue weighted by Gasteiger charge is 2.25. The largest absolute Gasteiger partial charge is 0.480 e. The van der Waals surface area contributed by atoms with Gasteiger partial charge in [-0.15, -0.1) is 0 Å². The highest BCUT2D eigenvalue weighted by atomic mass is 16.4. The fourth-order valence-electron chi connectivity index (χ4n) is 2.29. The lowest BCUT2D eigenvalue weighted by Gasteiger charge is -2.24. The number of aliphatic carboxylic acids is 1. The number of carboxylic acid groups (broad SMARTS) is 1. The fourth-order valence-corrected chi connectivity index (χ4v) is 2.29. The fraction of sp³-hybridized carbons (Fsp3) is 0.786. The molecule has 120 valence electrons. The molecule has 0 spiro atoms. The zero-order chi connectivity index (χ0) is 16.0. The molecule has 21 heavy (non-hydrogen) atoms. The number of carbonyl (C=O) groups excluding carboxylic acids is 2. The first-order valence-electron chi connectivity index (χ1n) is 7.33. The van der Waals surface area contributed by atoms with Gasteiger partial charge in [0.05, 0.1) is 0 Å². The maximum atomic E-state index is 12.0. The number of hydrogen-bond donors (Lipinski definition) is 2. The molecule has 1 aliphatic rings. The Morgan fingerprint density at radius 3 is 2.29 bits per heavy atom. The van der Waals surface area contributed by atoms with E-state index in [0.29, 0.717) is 6.42 Å². The van der Waals surface area contributed by atoms with Gasteiger partial charge in [-0.25, -0.2) is 9.59 Å². The first kappa shape index (κ1) is 17.3. The van der Waals surface area contributed by atoms with Crippen LogP contribution in [-0.4, -0.2) is 65.5 Å². The molecule has 0 radical (unpaired) electrons. The van der Waals surface area contributed by atoms with Crippen molar-refractivity contribution < 1.29 is 19.5 Å². The van der Waals surface area contributed by atoms with Crippen molar-refractivity contribution >= 4 is 17.9 Å². The second kappa shape index (κ2) is 7.85. The highest BCUT2D eigenvalue weighted by molar-refractivity contribution is 5.86. The summed E-state index contributed by atoms with van der Waals surface area (Å²) in [6.45, 7) is 5.23. The number of likely N-dealkylation sites (N-methyl/N-ethyl adjacent to an activating group) is 1. The smallest absolute Gasteiger partial charge is 0.326 e. The summed E-state index contributed by atoms with van der Waals surface area (Å²) in [5.74, 6) is -1.000. The molecule has 7 nitrogen and oxygen atoms in total. The van der Waals surface area contributed by atoms with Crippen molar-refractivity contribution in [1.82, 2.24) is 15.1 Å². The molecule has 1 fully saturated rings. The molecule has 3 amide bonds. The molecule has 1 heterocycles. The van der Waals surface area contributed by atoms with Crippen LogP contribution in [0.1, 0.15) is 33.1 Å². The van der Waals surface area contributed by atoms with Crippen LogP contribution in [-0.2, 0) is 9.59 Å². The number of amides is 3. The minimum atomic E-state index is -1.06. The van der Waals surface area contributed by atoms with Crippen molar-refractivity contribution in [3.05, 3.63) is 0 Å². The lowest BCUT2D eigenvalue weighted by molar-refractivity contribution is -0.139. The summed E-state index contributed by atoms with van der Waals surface area (Å²) in [7, 11) is 1.50. The van der Waals surface area contributed by atoms with Gasteiger partial charge in [0.2, 0.25) is 5.91 Å². The van der Waals surface area contributed by atoms with Crippen molar-refractivity contribution in [3.63, 3.8) is 0 Å². The third kappa shape index (κ3) is 5.61. The molecule has 0 aliphatic carbocycles. The van der Waals surface area contributed by atoms with E-state index in [4.69, 9.17) is 5.11 Å². The third-order valence-electron chi connectivity index (χ3n) is 3.48. The monoisotopic (exact) mass is 299 g/mol. The zero-order valence-electron chi connectivity index (χ0n) is 13.0. The summed E-state index contributed by atoms with van der Waals surface area (Å²) in [6.07, 6.45) is 2.35. The van der Waals surface area contributed by atoms with Crippen LogP contribution in [0, 0.1) is 5.92 Å². The second-order valence-electron chi connectivity index (χ2n) is 5.91. The van der Waals surface area contributed by atoms with Gasteiger partial charge in [0.25, 0.3) is 0 Å². The minimum Gasteiger partial charge on any atom is -0.480 e. The molecule has 1 rings (SSSR count). The normalized spacial score (nSPS) is 15.9. The van der Waals surface area contributed by atoms with E-state index in [-0.39, 0.29) is 18.4 Å². The molecule has 1 atom stereocenters. The quantitative estimate of drug-likeness (QED) is 0.757. The Morgan fingerprint density at radius 2 is 1.81 bits per heavy atom. The van der Waals surface area contributed by atoms with E-state index < -0.39 is 18.0 Å². The summed E-state index contributed by atoms with van der Waals surface area (Å²) >= 11 is 0. The maximum absolute atomic E-state index is 12.0. The molecule has 2 N–H and O–H groups in total. The van der Waals surface area contributed by atoms with Gasteiger partial charge >= 0.3 is 12.0 Å². The molecular weight excluding hydrogens is 274 g/mol. The molecule has 7 heteroatoms. The Hall–Kier alpha value is -1.79. The summed E-state index contributed by atoms with van der Waals surface area (Å²) in [6, 6.07) is -1.46. The van der Waals surface area contributed by atoms with Crippen molar-refractivity contribution in [2.24, 2.45) is 5.92 Å². The van der Waals surface area contributed by atoms with Crippen molar-refractivity contribution in [2.45, 2.75) is 39.2 Å². The summed E-state index contributed by atoms with van der Waals surface area (Å²) in [5, 5.41) is 11.6. The maximum Gasteiger partial charge on any atom is 0.326 e. The SMILES string of the molecule is CC(C)C[C@@H](NC(=O)N(C)CC(=O)N1CCCC1)C(=O)O. The van der Waals surface area contributed by atoms with Crippen molar-refractivity contribution in [2.75, 3.05) is 26.7 Å². The molecule has 0 bridgehead atoms. The Labute approximate surface area is 125 Å². The van der Waals surface area contributed by atoms with Gasteiger partial charge in [0.1, 0.15) is 12.6 Å². The van der Waals surface area contributed by atoms with E-state index in [2.05, 4.69) is 5.32 Å². The molecule has 0 aromatic heterocycles. The molecule has 0 aromatic carbocycles. The number of carboxylic acids is 1. The van der Waals surface area contributed by atoms with Gasteiger partial charge in [0.15, 0.2) is 0 Å². The van der Waals surface area contributed by atoms with Crippen molar-refractivity contribution in [3.8, 4) is 0 Å². The van der Waals surface area contributed by atoms with E-state index >= 15 is 0 Å². The van der Waals surface area contributed by atoms with Gasteiger partial charge in [-0.3, -0.25) is 4.79 Å². The molecule has 0 aromatic rings. The number of hydrogen-bond acceptors (Lipinski definition) is 3. The van der Waals surface area contributed by atoms with Gasteiger partial charge < -0.3 is 20.2 Å². The van der Waals surface area contributed by atoms with Crippen LogP contribution in [0.2, 0.25) is 0 Å². The van der Waals surface area contributed by atoms with Crippen LogP contribution in [0.4, 0.5) is 4.79 Å². The van der Waals surface area contributed by atoms with Crippen LogP contribution >= 0.6 is 0 Å². The van der Waals surface area contributed by atoms with Gasteiger partial charge in [-0.05, 0) is 25.2 Å². The number of likely N-dealkylation sites (tertiary alicyclic amines) is 1. The van der Waals surface area contributed by atoms with E-state index in [1.165, 1.54) is 11.9 Å². The summed E-state index contributed by atoms with van der Waals surface area (Å²) in [4.78, 5) is 38.0. The second-order valence-corrected chi connectivity index (χ2v) is 5.91. The molecule has 1 saturated heterocycles. The summed E-state index contributed by atoms with van der Waals surface area (Å²) in [5.41, 5.74) is 0. The number of urea groups is 1. The molecular formula is C14H25N3O4. The van der Waals surface area contributed by atoms with Crippen LogP contribution in [0.25, 0.3) is 0 Å². The average Bonchev–Trinajstić information content (AvgIpc) is 2.90. The first-order valence-corrected chi connectivity index (χ1v) is 7.33. The van der Waals surface area contributed by atoms with Crippen molar-refractivity contribution in [1.29, 1.82) is 0 Å². The number of rotatable bonds is 6. The summed E-state index contributed by atoms with van der Waals surface area (Å²) < 4.78 is 0. The van der Waals surface area contributed by atoms with E-state index in [1.807, 2.05) is 13.8 Å². The Balaban J connectivity index is 2.48. The molecule has 0 saturated carbocycles. The molecule has 1 aliphatic heterocycles. The Kier molecular flexibility index (Phi) is 6.45. The number of nitrogens with zero attached hydrogens (tertiary/aromatic N) is 2. The number of carbonyl (C=O) groups is 3. The highest BCUT2D eigenvalue weighted by Crippen LogP contribution is 2.08. The Bertz CT molecular complexity index is 392. The van der Waals surface area contributed by atoms with Crippen LogP contribution in [0.5, 0.6) is 0 Å². The predicted molar refractivity (Wildman–Crippen MR) is 77.9 cm³/mol. The van der Waals surface area contributed by atoms with E-state index in [0.717, 1.165) is 25.9 Å². The lowest BCUT2D eigenvalue weighted by atomic mass is 10.0. The average molecular weight is 299 g/mol. The topological polar surface area (TPSA) is 90.0 Å². The van der Waals surface area contributed by atoms with Crippen LogP contribution in [0.3, 0.4) is 0 Å².